The van der Waals surface area contributed by atoms with Crippen molar-refractivity contribution in [3.05, 3.63) is 0 Å². The summed E-state index contributed by atoms with van der Waals surface area (Å²) in [5.74, 6) is 0. The van der Waals surface area contributed by atoms with Crippen molar-refractivity contribution in [3.8, 4) is 0 Å². The number of hydrogen-bond acceptors (Lipinski definition) is 10. The SMILES string of the molecule is CCC(O)COC(CC)COC(CC)COC(CC)COC(CC)COC(CC)COC(CC)COC(CC)COC(CC)COC(C)CC. The first kappa shape index (κ1) is 49.6. The van der Waals surface area contributed by atoms with Crippen LogP contribution in [0.5, 0.6) is 0 Å². The van der Waals surface area contributed by atoms with Gasteiger partial charge in [-0.1, -0.05) is 69.2 Å². The van der Waals surface area contributed by atoms with Crippen molar-refractivity contribution >= 4 is 0 Å². The predicted molar refractivity (Wildman–Crippen MR) is 202 cm³/mol. The van der Waals surface area contributed by atoms with E-state index in [1.807, 2.05) is 6.92 Å². The molecule has 0 aliphatic rings. The van der Waals surface area contributed by atoms with Gasteiger partial charge in [-0.25, -0.2) is 0 Å². The van der Waals surface area contributed by atoms with Crippen molar-refractivity contribution in [2.75, 3.05) is 59.5 Å². The van der Waals surface area contributed by atoms with E-state index in [0.29, 0.717) is 65.9 Å². The van der Waals surface area contributed by atoms with Crippen LogP contribution in [0.1, 0.15) is 140 Å². The van der Waals surface area contributed by atoms with Crippen LogP contribution < -0.4 is 0 Å². The number of aliphatic hydroxyl groups is 1. The molecule has 0 bridgehead atoms. The molecular weight excluding hydrogens is 640 g/mol. The van der Waals surface area contributed by atoms with Gasteiger partial charge in [0.2, 0.25) is 0 Å². The van der Waals surface area contributed by atoms with Gasteiger partial charge in [0.15, 0.2) is 0 Å². The van der Waals surface area contributed by atoms with E-state index in [2.05, 4.69) is 69.2 Å². The average molecular weight is 723 g/mol. The van der Waals surface area contributed by atoms with Crippen LogP contribution in [0.3, 0.4) is 0 Å². The van der Waals surface area contributed by atoms with Crippen LogP contribution in [0.4, 0.5) is 0 Å². The molecule has 0 aromatic rings. The monoisotopic (exact) mass is 723 g/mol. The highest BCUT2D eigenvalue weighted by Crippen LogP contribution is 2.13. The Labute approximate surface area is 308 Å². The van der Waals surface area contributed by atoms with Crippen molar-refractivity contribution in [3.63, 3.8) is 0 Å². The molecule has 0 amide bonds. The molecule has 0 aromatic carbocycles. The molecule has 50 heavy (non-hydrogen) atoms. The number of ether oxygens (including phenoxy) is 9. The number of aliphatic hydroxyl groups excluding tert-OH is 1. The maximum atomic E-state index is 9.81. The quantitative estimate of drug-likeness (QED) is 0.0680. The summed E-state index contributed by atoms with van der Waals surface area (Å²) >= 11 is 0. The zero-order valence-corrected chi connectivity index (χ0v) is 34.3. The third kappa shape index (κ3) is 24.8. The topological polar surface area (TPSA) is 103 Å². The molecule has 0 saturated carbocycles. The van der Waals surface area contributed by atoms with Crippen LogP contribution in [-0.4, -0.2) is 126 Å². The fourth-order valence-electron chi connectivity index (χ4n) is 4.73. The normalized spacial score (nSPS) is 18.2. The summed E-state index contributed by atoms with van der Waals surface area (Å²) in [6, 6.07) is 0. The van der Waals surface area contributed by atoms with Gasteiger partial charge in [-0.05, 0) is 71.1 Å². The summed E-state index contributed by atoms with van der Waals surface area (Å²) < 4.78 is 55.3. The predicted octanol–water partition coefficient (Wildman–Crippen LogP) is 7.93. The molecule has 10 atom stereocenters. The van der Waals surface area contributed by atoms with Crippen molar-refractivity contribution in [1.29, 1.82) is 0 Å². The molecule has 1 N–H and O–H groups in total. The molecule has 0 aliphatic carbocycles. The first-order valence-electron chi connectivity index (χ1n) is 20.4. The Morgan fingerprint density at radius 1 is 0.280 bits per heavy atom. The van der Waals surface area contributed by atoms with E-state index in [9.17, 15) is 5.11 Å². The summed E-state index contributed by atoms with van der Waals surface area (Å²) in [7, 11) is 0. The molecule has 0 aliphatic heterocycles. The molecule has 0 rings (SSSR count). The highest BCUT2D eigenvalue weighted by molar-refractivity contribution is 4.67. The maximum absolute atomic E-state index is 9.81. The Bertz CT molecular complexity index is 658. The summed E-state index contributed by atoms with van der Waals surface area (Å²) in [6.45, 7) is 27.7. The molecule has 0 saturated heterocycles. The van der Waals surface area contributed by atoms with Gasteiger partial charge in [0.1, 0.15) is 0 Å². The van der Waals surface area contributed by atoms with E-state index in [-0.39, 0.29) is 54.9 Å². The second kappa shape index (κ2) is 33.2. The van der Waals surface area contributed by atoms with Gasteiger partial charge < -0.3 is 47.7 Å². The van der Waals surface area contributed by atoms with Crippen LogP contribution in [0.25, 0.3) is 0 Å². The molecule has 302 valence electrons. The van der Waals surface area contributed by atoms with Gasteiger partial charge >= 0.3 is 0 Å². The highest BCUT2D eigenvalue weighted by Gasteiger charge is 2.20. The Kier molecular flexibility index (Phi) is 32.9. The zero-order chi connectivity index (χ0) is 37.6. The molecule has 10 nitrogen and oxygen atoms in total. The molecule has 0 aromatic heterocycles. The maximum Gasteiger partial charge on any atom is 0.0807 e. The fourth-order valence-corrected chi connectivity index (χ4v) is 4.73. The molecule has 0 heterocycles. The van der Waals surface area contributed by atoms with E-state index in [0.717, 1.165) is 57.8 Å². The van der Waals surface area contributed by atoms with Gasteiger partial charge in [-0.15, -0.1) is 0 Å². The second-order valence-electron chi connectivity index (χ2n) is 13.5. The van der Waals surface area contributed by atoms with E-state index in [1.54, 1.807) is 0 Å². The lowest BCUT2D eigenvalue weighted by molar-refractivity contribution is -0.125. The van der Waals surface area contributed by atoms with Crippen molar-refractivity contribution in [2.45, 2.75) is 201 Å². The highest BCUT2D eigenvalue weighted by atomic mass is 16.6. The summed E-state index contributed by atoms with van der Waals surface area (Å²) in [6.07, 6.45) is 8.47. The lowest BCUT2D eigenvalue weighted by Gasteiger charge is -2.27. The van der Waals surface area contributed by atoms with Gasteiger partial charge in [0.25, 0.3) is 0 Å². The molecular formula is C40H82O10. The van der Waals surface area contributed by atoms with E-state index in [1.165, 1.54) is 0 Å². The Balaban J connectivity index is 4.60. The molecule has 0 spiro atoms. The van der Waals surface area contributed by atoms with Crippen LogP contribution in [-0.2, 0) is 42.6 Å². The number of hydrogen-bond donors (Lipinski definition) is 1. The average Bonchev–Trinajstić information content (AvgIpc) is 3.15. The Morgan fingerprint density at radius 3 is 0.660 bits per heavy atom. The second-order valence-corrected chi connectivity index (χ2v) is 13.5. The minimum absolute atomic E-state index is 0.00311. The zero-order valence-electron chi connectivity index (χ0n) is 34.3. The van der Waals surface area contributed by atoms with E-state index < -0.39 is 6.10 Å². The van der Waals surface area contributed by atoms with Gasteiger partial charge in [0.05, 0.1) is 121 Å². The first-order valence-corrected chi connectivity index (χ1v) is 20.4. The molecule has 0 radical (unpaired) electrons. The molecule has 0 fully saturated rings. The third-order valence-electron chi connectivity index (χ3n) is 9.40. The van der Waals surface area contributed by atoms with Crippen LogP contribution in [0.15, 0.2) is 0 Å². The van der Waals surface area contributed by atoms with Gasteiger partial charge in [0, 0.05) is 0 Å². The smallest absolute Gasteiger partial charge is 0.0807 e. The minimum Gasteiger partial charge on any atom is -0.391 e. The van der Waals surface area contributed by atoms with Gasteiger partial charge in [-0.3, -0.25) is 0 Å². The van der Waals surface area contributed by atoms with E-state index >= 15 is 0 Å². The fraction of sp³-hybridized carbons (Fsp3) is 1.00. The summed E-state index contributed by atoms with van der Waals surface area (Å²) in [4.78, 5) is 0. The standard InChI is InChI=1S/C40H82O10/c1-12-31(11)42-23-33(14-3)44-25-35(16-5)46-27-37(18-7)48-29-39(20-9)50-30-40(21-10)49-28-38(19-8)47-26-36(17-6)45-24-34(15-4)43-22-32(41)13-2/h31-41H,12-30H2,1-11H3. The van der Waals surface area contributed by atoms with Crippen molar-refractivity contribution in [1.82, 2.24) is 0 Å². The van der Waals surface area contributed by atoms with Crippen LogP contribution >= 0.6 is 0 Å². The molecule has 10 heteroatoms. The first-order chi connectivity index (χ1) is 24.2. The van der Waals surface area contributed by atoms with Crippen LogP contribution in [0.2, 0.25) is 0 Å². The van der Waals surface area contributed by atoms with Crippen molar-refractivity contribution < 1.29 is 47.7 Å². The van der Waals surface area contributed by atoms with Crippen molar-refractivity contribution in [2.24, 2.45) is 0 Å². The minimum atomic E-state index is -0.429. The lowest BCUT2D eigenvalue weighted by Crippen LogP contribution is -2.33. The summed E-state index contributed by atoms with van der Waals surface area (Å²) in [5.41, 5.74) is 0. The lowest BCUT2D eigenvalue weighted by atomic mass is 10.2. The molecule has 10 unspecified atom stereocenters. The Hall–Kier alpha value is -0.400. The third-order valence-corrected chi connectivity index (χ3v) is 9.40. The van der Waals surface area contributed by atoms with Crippen LogP contribution in [0, 0.1) is 0 Å². The largest absolute Gasteiger partial charge is 0.391 e. The summed E-state index contributed by atoms with van der Waals surface area (Å²) in [5, 5.41) is 9.81. The Morgan fingerprint density at radius 2 is 0.480 bits per heavy atom. The number of rotatable bonds is 37. The van der Waals surface area contributed by atoms with E-state index in [4.69, 9.17) is 42.6 Å². The van der Waals surface area contributed by atoms with Gasteiger partial charge in [-0.2, -0.15) is 0 Å².